The minimum Gasteiger partial charge on any atom is -0.476 e. The Labute approximate surface area is 160 Å². The number of carbonyl (C=O) groups excluding carboxylic acids is 1. The van der Waals surface area contributed by atoms with E-state index in [1.165, 1.54) is 4.31 Å². The third kappa shape index (κ3) is 3.93. The molecule has 0 fully saturated rings. The molecule has 1 amide bonds. The lowest BCUT2D eigenvalue weighted by Gasteiger charge is -2.35. The number of sulfonamides is 1. The predicted molar refractivity (Wildman–Crippen MR) is 104 cm³/mol. The highest BCUT2D eigenvalue weighted by Crippen LogP contribution is 2.36. The number of fused-ring (bicyclic) bond motifs is 1. The van der Waals surface area contributed by atoms with Gasteiger partial charge in [-0.15, -0.1) is 0 Å². The number of anilines is 1. The molecule has 6 nitrogen and oxygen atoms in total. The lowest BCUT2D eigenvalue weighted by atomic mass is 10.1. The molecule has 1 N–H and O–H groups in total. The first-order valence-corrected chi connectivity index (χ1v) is 10.4. The molecule has 0 aromatic heterocycles. The van der Waals surface area contributed by atoms with Gasteiger partial charge in [0, 0.05) is 6.04 Å². The third-order valence-electron chi connectivity index (χ3n) is 4.73. The van der Waals surface area contributed by atoms with E-state index < -0.39 is 16.1 Å². The number of hydrogen-bond donors (Lipinski definition) is 1. The van der Waals surface area contributed by atoms with Crippen LogP contribution in [0.5, 0.6) is 5.75 Å². The largest absolute Gasteiger partial charge is 0.476 e. The highest BCUT2D eigenvalue weighted by Gasteiger charge is 2.37. The van der Waals surface area contributed by atoms with Gasteiger partial charge < -0.3 is 10.1 Å². The number of hydrogen-bond acceptors (Lipinski definition) is 4. The number of amides is 1. The molecule has 0 spiro atoms. The van der Waals surface area contributed by atoms with Crippen molar-refractivity contribution in [3.8, 4) is 5.75 Å². The zero-order valence-corrected chi connectivity index (χ0v) is 16.4. The molecule has 2 aromatic rings. The molecular formula is C20H24N2O4S. The summed E-state index contributed by atoms with van der Waals surface area (Å²) in [5.41, 5.74) is 0.433. The summed E-state index contributed by atoms with van der Waals surface area (Å²) >= 11 is 0. The maximum atomic E-state index is 13.2. The Hall–Kier alpha value is -2.54. The first-order valence-electron chi connectivity index (χ1n) is 8.94. The van der Waals surface area contributed by atoms with Crippen LogP contribution in [0.25, 0.3) is 0 Å². The van der Waals surface area contributed by atoms with Crippen LogP contribution in [-0.4, -0.2) is 33.0 Å². The summed E-state index contributed by atoms with van der Waals surface area (Å²) in [7, 11) is -3.81. The van der Waals surface area contributed by atoms with Crippen LogP contribution in [0.15, 0.2) is 59.5 Å². The summed E-state index contributed by atoms with van der Waals surface area (Å²) in [6, 6.07) is 15.0. The Balaban J connectivity index is 1.95. The van der Waals surface area contributed by atoms with Crippen molar-refractivity contribution in [2.24, 2.45) is 5.92 Å². The minimum atomic E-state index is -3.81. The van der Waals surface area contributed by atoms with E-state index in [0.29, 0.717) is 11.4 Å². The van der Waals surface area contributed by atoms with E-state index in [4.69, 9.17) is 4.74 Å². The summed E-state index contributed by atoms with van der Waals surface area (Å²) < 4.78 is 33.4. The first-order chi connectivity index (χ1) is 12.8. The van der Waals surface area contributed by atoms with E-state index in [0.717, 1.165) is 0 Å². The van der Waals surface area contributed by atoms with Gasteiger partial charge in [-0.1, -0.05) is 44.2 Å². The van der Waals surface area contributed by atoms with E-state index in [-0.39, 0.29) is 29.3 Å². The number of benzene rings is 2. The average Bonchev–Trinajstić information content (AvgIpc) is 2.67. The normalized spacial score (nSPS) is 17.8. The standard InChI is InChI=1S/C20H24N2O4S/c1-14(2)15(3)21-20(23)19-13-22(17-11-7-8-12-18(17)26-19)27(24,25)16-9-5-4-6-10-16/h4-12,14-15,19H,13H2,1-3H3,(H,21,23)/t15-,19+/m1/s1. The number of nitrogens with one attached hydrogen (secondary N) is 1. The summed E-state index contributed by atoms with van der Waals surface area (Å²) in [5, 5.41) is 2.91. The van der Waals surface area contributed by atoms with Gasteiger partial charge in [-0.2, -0.15) is 0 Å². The van der Waals surface area contributed by atoms with Crippen molar-refractivity contribution >= 4 is 21.6 Å². The number of carbonyl (C=O) groups is 1. The van der Waals surface area contributed by atoms with Crippen LogP contribution < -0.4 is 14.4 Å². The minimum absolute atomic E-state index is 0.0440. The highest BCUT2D eigenvalue weighted by atomic mass is 32.2. The van der Waals surface area contributed by atoms with Gasteiger partial charge in [0.15, 0.2) is 6.10 Å². The second-order valence-corrected chi connectivity index (χ2v) is 8.83. The van der Waals surface area contributed by atoms with Gasteiger partial charge in [0.2, 0.25) is 0 Å². The van der Waals surface area contributed by atoms with Gasteiger partial charge in [0.05, 0.1) is 17.1 Å². The average molecular weight is 388 g/mol. The molecule has 1 heterocycles. The topological polar surface area (TPSA) is 75.7 Å². The van der Waals surface area contributed by atoms with Gasteiger partial charge in [-0.25, -0.2) is 8.42 Å². The third-order valence-corrected chi connectivity index (χ3v) is 6.52. The van der Waals surface area contributed by atoms with E-state index in [1.807, 2.05) is 20.8 Å². The molecule has 144 valence electrons. The zero-order valence-electron chi connectivity index (χ0n) is 15.6. The van der Waals surface area contributed by atoms with Crippen LogP contribution >= 0.6 is 0 Å². The van der Waals surface area contributed by atoms with Crippen molar-refractivity contribution in [3.63, 3.8) is 0 Å². The Morgan fingerprint density at radius 1 is 1.07 bits per heavy atom. The lowest BCUT2D eigenvalue weighted by molar-refractivity contribution is -0.128. The smallest absolute Gasteiger partial charge is 0.264 e. The van der Waals surface area contributed by atoms with Crippen molar-refractivity contribution < 1.29 is 17.9 Å². The Morgan fingerprint density at radius 2 is 1.70 bits per heavy atom. The maximum absolute atomic E-state index is 13.2. The molecule has 2 aromatic carbocycles. The van der Waals surface area contributed by atoms with Crippen LogP contribution in [0.2, 0.25) is 0 Å². The molecular weight excluding hydrogens is 364 g/mol. The molecule has 0 saturated carbocycles. The fourth-order valence-electron chi connectivity index (χ4n) is 2.77. The van der Waals surface area contributed by atoms with Crippen LogP contribution in [0.3, 0.4) is 0 Å². The Bertz CT molecular complexity index is 913. The fraction of sp³-hybridized carbons (Fsp3) is 0.350. The van der Waals surface area contributed by atoms with Crippen LogP contribution in [0, 0.1) is 5.92 Å². The van der Waals surface area contributed by atoms with Gasteiger partial charge in [-0.05, 0) is 37.1 Å². The van der Waals surface area contributed by atoms with Gasteiger partial charge in [0.25, 0.3) is 15.9 Å². The molecule has 3 rings (SSSR count). The van der Waals surface area contributed by atoms with E-state index in [1.54, 1.807) is 54.6 Å². The maximum Gasteiger partial charge on any atom is 0.264 e. The monoisotopic (exact) mass is 388 g/mol. The molecule has 0 radical (unpaired) electrons. The van der Waals surface area contributed by atoms with Crippen LogP contribution in [-0.2, 0) is 14.8 Å². The van der Waals surface area contributed by atoms with Crippen molar-refractivity contribution in [1.29, 1.82) is 0 Å². The molecule has 0 unspecified atom stereocenters. The molecule has 0 saturated heterocycles. The first kappa shape index (κ1) is 19.2. The number of ether oxygens (including phenoxy) is 1. The summed E-state index contributed by atoms with van der Waals surface area (Å²) in [5.74, 6) is 0.313. The van der Waals surface area contributed by atoms with Crippen LogP contribution in [0.4, 0.5) is 5.69 Å². The molecule has 7 heteroatoms. The zero-order chi connectivity index (χ0) is 19.6. The van der Waals surface area contributed by atoms with Crippen molar-refractivity contribution in [1.82, 2.24) is 5.32 Å². The molecule has 0 aliphatic carbocycles. The highest BCUT2D eigenvalue weighted by molar-refractivity contribution is 7.92. The molecule has 1 aliphatic rings. The summed E-state index contributed by atoms with van der Waals surface area (Å²) in [6.45, 7) is 5.85. The van der Waals surface area contributed by atoms with E-state index in [2.05, 4.69) is 5.32 Å². The molecule has 0 bridgehead atoms. The van der Waals surface area contributed by atoms with Gasteiger partial charge >= 0.3 is 0 Å². The van der Waals surface area contributed by atoms with Gasteiger partial charge in [0.1, 0.15) is 5.75 Å². The number of rotatable bonds is 5. The number of nitrogens with zero attached hydrogens (tertiary/aromatic N) is 1. The molecule has 27 heavy (non-hydrogen) atoms. The van der Waals surface area contributed by atoms with E-state index in [9.17, 15) is 13.2 Å². The predicted octanol–water partition coefficient (Wildman–Crippen LogP) is 2.80. The Kier molecular flexibility index (Phi) is 5.41. The van der Waals surface area contributed by atoms with Crippen LogP contribution in [0.1, 0.15) is 20.8 Å². The van der Waals surface area contributed by atoms with Crippen molar-refractivity contribution in [2.75, 3.05) is 10.8 Å². The Morgan fingerprint density at radius 3 is 2.37 bits per heavy atom. The second-order valence-electron chi connectivity index (χ2n) is 6.96. The number of para-hydroxylation sites is 2. The fourth-order valence-corrected chi connectivity index (χ4v) is 4.27. The van der Waals surface area contributed by atoms with Crippen molar-refractivity contribution in [2.45, 2.75) is 37.8 Å². The summed E-state index contributed by atoms with van der Waals surface area (Å²) in [4.78, 5) is 12.9. The molecule has 1 aliphatic heterocycles. The lowest BCUT2D eigenvalue weighted by Crippen LogP contribution is -2.52. The summed E-state index contributed by atoms with van der Waals surface area (Å²) in [6.07, 6.45) is -0.917. The van der Waals surface area contributed by atoms with E-state index >= 15 is 0 Å². The SMILES string of the molecule is CC(C)[C@@H](C)NC(=O)[C@@H]1CN(S(=O)(=O)c2ccccc2)c2ccccc2O1. The second kappa shape index (κ2) is 7.60. The van der Waals surface area contributed by atoms with Crippen molar-refractivity contribution in [3.05, 3.63) is 54.6 Å². The molecule has 2 atom stereocenters. The quantitative estimate of drug-likeness (QED) is 0.855. The van der Waals surface area contributed by atoms with Gasteiger partial charge in [-0.3, -0.25) is 9.10 Å².